The Kier molecular flexibility index (Phi) is 6.47. The number of hydrogen-bond donors (Lipinski definition) is 0. The summed E-state index contributed by atoms with van der Waals surface area (Å²) in [4.78, 5) is 25.7. The minimum atomic E-state index is -0.474. The molecule has 0 atom stereocenters. The topological polar surface area (TPSA) is 46.6 Å². The zero-order valence-corrected chi connectivity index (χ0v) is 15.3. The average molecular weight is 406 g/mol. The SMILES string of the molecule is C=CCN(Cc1cc(Br)ccc1F)C(=O)c1ccc(C(=O)OC)cc1. The Morgan fingerprint density at radius 3 is 2.44 bits per heavy atom. The van der Waals surface area contributed by atoms with Crippen molar-refractivity contribution < 1.29 is 18.7 Å². The lowest BCUT2D eigenvalue weighted by Crippen LogP contribution is -2.31. The first-order valence-corrected chi connectivity index (χ1v) is 8.28. The van der Waals surface area contributed by atoms with Crippen molar-refractivity contribution in [2.75, 3.05) is 13.7 Å². The normalized spacial score (nSPS) is 10.2. The molecule has 25 heavy (non-hydrogen) atoms. The van der Waals surface area contributed by atoms with Crippen molar-refractivity contribution in [2.24, 2.45) is 0 Å². The number of halogens is 2. The molecule has 0 heterocycles. The summed E-state index contributed by atoms with van der Waals surface area (Å²) in [7, 11) is 1.29. The van der Waals surface area contributed by atoms with Crippen molar-refractivity contribution >= 4 is 27.8 Å². The van der Waals surface area contributed by atoms with Crippen LogP contribution in [0, 0.1) is 5.82 Å². The van der Waals surface area contributed by atoms with Gasteiger partial charge in [-0.15, -0.1) is 6.58 Å². The minimum Gasteiger partial charge on any atom is -0.465 e. The Balaban J connectivity index is 2.24. The van der Waals surface area contributed by atoms with Crippen LogP contribution in [0.25, 0.3) is 0 Å². The predicted molar refractivity (Wildman–Crippen MR) is 96.8 cm³/mol. The van der Waals surface area contributed by atoms with Gasteiger partial charge in [0.2, 0.25) is 0 Å². The summed E-state index contributed by atoms with van der Waals surface area (Å²) >= 11 is 3.30. The van der Waals surface area contributed by atoms with E-state index in [4.69, 9.17) is 0 Å². The fourth-order valence-electron chi connectivity index (χ4n) is 2.29. The maximum atomic E-state index is 14.0. The number of rotatable bonds is 6. The fraction of sp³-hybridized carbons (Fsp3) is 0.158. The van der Waals surface area contributed by atoms with Crippen molar-refractivity contribution in [1.29, 1.82) is 0 Å². The summed E-state index contributed by atoms with van der Waals surface area (Å²) in [6, 6.07) is 10.7. The van der Waals surface area contributed by atoms with Crippen molar-refractivity contribution in [2.45, 2.75) is 6.54 Å². The molecular weight excluding hydrogens is 389 g/mol. The number of carbonyl (C=O) groups is 2. The predicted octanol–water partition coefficient (Wildman–Crippen LogP) is 4.20. The molecule has 0 N–H and O–H groups in total. The van der Waals surface area contributed by atoms with E-state index in [0.29, 0.717) is 16.7 Å². The second-order valence-corrected chi connectivity index (χ2v) is 6.19. The van der Waals surface area contributed by atoms with Gasteiger partial charge in [-0.25, -0.2) is 9.18 Å². The highest BCUT2D eigenvalue weighted by Crippen LogP contribution is 2.19. The molecule has 0 saturated carbocycles. The molecule has 0 radical (unpaired) electrons. The van der Waals surface area contributed by atoms with Crippen LogP contribution in [0.5, 0.6) is 0 Å². The van der Waals surface area contributed by atoms with Crippen LogP contribution in [0.4, 0.5) is 4.39 Å². The van der Waals surface area contributed by atoms with Gasteiger partial charge in [-0.2, -0.15) is 0 Å². The number of ether oxygens (including phenoxy) is 1. The standard InChI is InChI=1S/C19H17BrFNO3/c1-3-10-22(12-15-11-16(20)8-9-17(15)21)18(23)13-4-6-14(7-5-13)19(24)25-2/h3-9,11H,1,10,12H2,2H3. The lowest BCUT2D eigenvalue weighted by atomic mass is 10.1. The summed E-state index contributed by atoms with van der Waals surface area (Å²) in [6.45, 7) is 4.02. The first-order valence-electron chi connectivity index (χ1n) is 7.48. The number of hydrogen-bond acceptors (Lipinski definition) is 3. The van der Waals surface area contributed by atoms with Gasteiger partial charge in [0.15, 0.2) is 0 Å². The van der Waals surface area contributed by atoms with E-state index in [0.717, 1.165) is 4.47 Å². The zero-order chi connectivity index (χ0) is 18.4. The molecule has 1 amide bonds. The van der Waals surface area contributed by atoms with E-state index in [1.165, 1.54) is 30.2 Å². The van der Waals surface area contributed by atoms with Crippen molar-refractivity contribution in [3.63, 3.8) is 0 Å². The average Bonchev–Trinajstić information content (AvgIpc) is 2.63. The van der Waals surface area contributed by atoms with Crippen LogP contribution < -0.4 is 0 Å². The van der Waals surface area contributed by atoms with Gasteiger partial charge < -0.3 is 9.64 Å². The van der Waals surface area contributed by atoms with E-state index < -0.39 is 5.97 Å². The van der Waals surface area contributed by atoms with Crippen LogP contribution in [0.1, 0.15) is 26.3 Å². The molecule has 0 fully saturated rings. The fourth-order valence-corrected chi connectivity index (χ4v) is 2.70. The number of esters is 1. The molecule has 0 aliphatic carbocycles. The molecule has 4 nitrogen and oxygen atoms in total. The number of carbonyl (C=O) groups excluding carboxylic acids is 2. The van der Waals surface area contributed by atoms with E-state index >= 15 is 0 Å². The minimum absolute atomic E-state index is 0.106. The molecular formula is C19H17BrFNO3. The molecule has 6 heteroatoms. The van der Waals surface area contributed by atoms with Crippen LogP contribution in [0.2, 0.25) is 0 Å². The molecule has 0 aromatic heterocycles. The summed E-state index contributed by atoms with van der Waals surface area (Å²) in [5.41, 5.74) is 1.15. The Morgan fingerprint density at radius 2 is 1.84 bits per heavy atom. The van der Waals surface area contributed by atoms with E-state index in [1.807, 2.05) is 0 Å². The molecule has 0 bridgehead atoms. The molecule has 0 unspecified atom stereocenters. The van der Waals surface area contributed by atoms with Gasteiger partial charge in [0.1, 0.15) is 5.82 Å². The second-order valence-electron chi connectivity index (χ2n) is 5.28. The Morgan fingerprint density at radius 1 is 1.20 bits per heavy atom. The van der Waals surface area contributed by atoms with Crippen molar-refractivity contribution in [1.82, 2.24) is 4.90 Å². The van der Waals surface area contributed by atoms with Crippen LogP contribution in [0.3, 0.4) is 0 Å². The highest BCUT2D eigenvalue weighted by atomic mass is 79.9. The summed E-state index contributed by atoms with van der Waals surface area (Å²) in [5, 5.41) is 0. The Hall–Kier alpha value is -2.47. The maximum Gasteiger partial charge on any atom is 0.337 e. The van der Waals surface area contributed by atoms with Crippen LogP contribution in [-0.4, -0.2) is 30.4 Å². The van der Waals surface area contributed by atoms with Crippen LogP contribution >= 0.6 is 15.9 Å². The summed E-state index contributed by atoms with van der Waals surface area (Å²) in [5.74, 6) is -1.14. The molecule has 0 aliphatic rings. The molecule has 130 valence electrons. The molecule has 2 aromatic rings. The van der Waals surface area contributed by atoms with Crippen LogP contribution in [-0.2, 0) is 11.3 Å². The number of methoxy groups -OCH3 is 1. The largest absolute Gasteiger partial charge is 0.465 e. The third-order valence-corrected chi connectivity index (χ3v) is 4.05. The number of benzene rings is 2. The highest BCUT2D eigenvalue weighted by Gasteiger charge is 2.17. The molecule has 0 spiro atoms. The van der Waals surface area contributed by atoms with E-state index in [2.05, 4.69) is 27.2 Å². The van der Waals surface area contributed by atoms with Gasteiger partial charge in [-0.3, -0.25) is 4.79 Å². The van der Waals surface area contributed by atoms with Crippen molar-refractivity contribution in [3.8, 4) is 0 Å². The first kappa shape index (κ1) is 18.9. The molecule has 0 saturated heterocycles. The monoisotopic (exact) mass is 405 g/mol. The first-order chi connectivity index (χ1) is 12.0. The van der Waals surface area contributed by atoms with Gasteiger partial charge in [-0.05, 0) is 42.5 Å². The lowest BCUT2D eigenvalue weighted by molar-refractivity contribution is 0.0599. The zero-order valence-electron chi connectivity index (χ0n) is 13.7. The second kappa shape index (κ2) is 8.58. The molecule has 0 aliphatic heterocycles. The van der Waals surface area contributed by atoms with Gasteiger partial charge in [0, 0.05) is 28.7 Å². The van der Waals surface area contributed by atoms with E-state index in [1.54, 1.807) is 30.3 Å². The highest BCUT2D eigenvalue weighted by molar-refractivity contribution is 9.10. The Labute approximate surface area is 154 Å². The van der Waals surface area contributed by atoms with E-state index in [-0.39, 0.29) is 24.8 Å². The Bertz CT molecular complexity index is 790. The molecule has 2 rings (SSSR count). The van der Waals surface area contributed by atoms with Gasteiger partial charge in [0.05, 0.1) is 12.7 Å². The lowest BCUT2D eigenvalue weighted by Gasteiger charge is -2.22. The smallest absolute Gasteiger partial charge is 0.337 e. The van der Waals surface area contributed by atoms with Gasteiger partial charge in [-0.1, -0.05) is 22.0 Å². The maximum absolute atomic E-state index is 14.0. The number of nitrogens with zero attached hydrogens (tertiary/aromatic N) is 1. The number of amides is 1. The summed E-state index contributed by atoms with van der Waals surface area (Å²) < 4.78 is 19.3. The third kappa shape index (κ3) is 4.76. The van der Waals surface area contributed by atoms with Crippen LogP contribution in [0.15, 0.2) is 59.6 Å². The summed E-state index contributed by atoms with van der Waals surface area (Å²) in [6.07, 6.45) is 1.58. The van der Waals surface area contributed by atoms with Gasteiger partial charge in [0.25, 0.3) is 5.91 Å². The third-order valence-electron chi connectivity index (χ3n) is 3.56. The van der Waals surface area contributed by atoms with E-state index in [9.17, 15) is 14.0 Å². The van der Waals surface area contributed by atoms with Gasteiger partial charge >= 0.3 is 5.97 Å². The quantitative estimate of drug-likeness (QED) is 0.534. The van der Waals surface area contributed by atoms with Crippen molar-refractivity contribution in [3.05, 3.63) is 82.1 Å². The molecule has 2 aromatic carbocycles.